The zero-order chi connectivity index (χ0) is 17.0. The fourth-order valence-electron chi connectivity index (χ4n) is 3.41. The summed E-state index contributed by atoms with van der Waals surface area (Å²) >= 11 is 0. The van der Waals surface area contributed by atoms with E-state index in [4.69, 9.17) is 4.74 Å². The quantitative estimate of drug-likeness (QED) is 0.857. The Labute approximate surface area is 142 Å². The van der Waals surface area contributed by atoms with Gasteiger partial charge in [-0.15, -0.1) is 0 Å². The number of aliphatic hydroxyl groups is 1. The summed E-state index contributed by atoms with van der Waals surface area (Å²) in [6.07, 6.45) is 6.20. The number of imidazole rings is 1. The van der Waals surface area contributed by atoms with Crippen LogP contribution in [0.3, 0.4) is 0 Å². The van der Waals surface area contributed by atoms with E-state index in [9.17, 15) is 9.90 Å². The zero-order valence-corrected chi connectivity index (χ0v) is 14.0. The van der Waals surface area contributed by atoms with Crippen LogP contribution in [0.5, 0.6) is 0 Å². The first-order valence-electron chi connectivity index (χ1n) is 8.57. The first-order chi connectivity index (χ1) is 11.6. The van der Waals surface area contributed by atoms with Crippen molar-refractivity contribution in [1.29, 1.82) is 0 Å². The molecule has 1 saturated carbocycles. The third-order valence-corrected chi connectivity index (χ3v) is 4.75. The molecule has 1 aliphatic rings. The summed E-state index contributed by atoms with van der Waals surface area (Å²) in [7, 11) is 0. The van der Waals surface area contributed by atoms with Gasteiger partial charge in [0.15, 0.2) is 0 Å². The van der Waals surface area contributed by atoms with E-state index < -0.39 is 5.60 Å². The molecular weight excluding hydrogens is 304 g/mol. The van der Waals surface area contributed by atoms with Gasteiger partial charge in [-0.2, -0.15) is 0 Å². The van der Waals surface area contributed by atoms with Gasteiger partial charge < -0.3 is 14.4 Å². The highest BCUT2D eigenvalue weighted by molar-refractivity contribution is 5.72. The van der Waals surface area contributed by atoms with Crippen molar-refractivity contribution in [3.63, 3.8) is 0 Å². The van der Waals surface area contributed by atoms with E-state index in [1.54, 1.807) is 6.20 Å². The molecular formula is C19H24N2O3. The van der Waals surface area contributed by atoms with E-state index in [0.717, 1.165) is 11.4 Å². The first-order valence-corrected chi connectivity index (χ1v) is 8.57. The molecule has 2 aromatic rings. The smallest absolute Gasteiger partial charge is 0.308 e. The molecule has 5 heteroatoms. The minimum absolute atomic E-state index is 0.0818. The van der Waals surface area contributed by atoms with Crippen molar-refractivity contribution in [2.45, 2.75) is 44.8 Å². The van der Waals surface area contributed by atoms with Gasteiger partial charge in [0.2, 0.25) is 0 Å². The highest BCUT2D eigenvalue weighted by Crippen LogP contribution is 2.34. The summed E-state index contributed by atoms with van der Waals surface area (Å²) < 4.78 is 7.10. The van der Waals surface area contributed by atoms with Crippen LogP contribution in [0.15, 0.2) is 42.7 Å². The van der Waals surface area contributed by atoms with Gasteiger partial charge in [-0.05, 0) is 32.6 Å². The van der Waals surface area contributed by atoms with Gasteiger partial charge in [-0.1, -0.05) is 30.3 Å². The fourth-order valence-corrected chi connectivity index (χ4v) is 3.41. The Morgan fingerprint density at radius 3 is 2.71 bits per heavy atom. The van der Waals surface area contributed by atoms with Crippen LogP contribution in [0, 0.1) is 5.92 Å². The van der Waals surface area contributed by atoms with Crippen LogP contribution in [-0.4, -0.2) is 32.8 Å². The summed E-state index contributed by atoms with van der Waals surface area (Å²) in [6.45, 7) is 2.73. The number of benzene rings is 1. The van der Waals surface area contributed by atoms with Crippen molar-refractivity contribution in [2.75, 3.05) is 6.61 Å². The number of nitrogens with zero attached hydrogens (tertiary/aromatic N) is 2. The number of esters is 1. The number of aromatic nitrogens is 2. The van der Waals surface area contributed by atoms with E-state index in [-0.39, 0.29) is 11.9 Å². The minimum atomic E-state index is -0.798. The standard InChI is InChI=1S/C19H24N2O3/c1-2-24-18(22)16-8-10-19(23,11-9-16)14-21-13-12-20-17(21)15-6-4-3-5-7-15/h3-7,12-13,16,23H,2,8-11,14H2,1H3. The largest absolute Gasteiger partial charge is 0.466 e. The lowest BCUT2D eigenvalue weighted by molar-refractivity contribution is -0.151. The van der Waals surface area contributed by atoms with E-state index >= 15 is 0 Å². The Morgan fingerprint density at radius 2 is 2.04 bits per heavy atom. The van der Waals surface area contributed by atoms with Gasteiger partial charge in [0.25, 0.3) is 0 Å². The van der Waals surface area contributed by atoms with Crippen molar-refractivity contribution in [3.8, 4) is 11.4 Å². The normalized spacial score (nSPS) is 23.8. The second-order valence-electron chi connectivity index (χ2n) is 6.50. The zero-order valence-electron chi connectivity index (χ0n) is 14.0. The summed E-state index contributed by atoms with van der Waals surface area (Å²) in [6, 6.07) is 9.96. The molecule has 1 heterocycles. The average molecular weight is 328 g/mol. The monoisotopic (exact) mass is 328 g/mol. The number of carbonyl (C=O) groups is 1. The molecule has 0 radical (unpaired) electrons. The number of hydrogen-bond acceptors (Lipinski definition) is 4. The molecule has 1 aromatic carbocycles. The summed E-state index contributed by atoms with van der Waals surface area (Å²) in [5.74, 6) is 0.644. The lowest BCUT2D eigenvalue weighted by Gasteiger charge is -2.35. The van der Waals surface area contributed by atoms with Crippen LogP contribution < -0.4 is 0 Å². The molecule has 128 valence electrons. The Hall–Kier alpha value is -2.14. The summed E-state index contributed by atoms with van der Waals surface area (Å²) in [5.41, 5.74) is 0.235. The third-order valence-electron chi connectivity index (χ3n) is 4.75. The highest BCUT2D eigenvalue weighted by atomic mass is 16.5. The molecule has 1 aromatic heterocycles. The lowest BCUT2D eigenvalue weighted by atomic mass is 9.78. The van der Waals surface area contributed by atoms with Crippen LogP contribution >= 0.6 is 0 Å². The van der Waals surface area contributed by atoms with Crippen molar-refractivity contribution in [2.24, 2.45) is 5.92 Å². The number of hydrogen-bond donors (Lipinski definition) is 1. The van der Waals surface area contributed by atoms with Crippen LogP contribution in [0.1, 0.15) is 32.6 Å². The Bertz CT molecular complexity index is 673. The molecule has 3 rings (SSSR count). The molecule has 0 atom stereocenters. The Morgan fingerprint density at radius 1 is 1.33 bits per heavy atom. The molecule has 0 saturated heterocycles. The van der Waals surface area contributed by atoms with Crippen molar-refractivity contribution < 1.29 is 14.6 Å². The van der Waals surface area contributed by atoms with Gasteiger partial charge in [0.1, 0.15) is 5.82 Å². The van der Waals surface area contributed by atoms with Crippen LogP contribution in [0.2, 0.25) is 0 Å². The second kappa shape index (κ2) is 7.18. The lowest BCUT2D eigenvalue weighted by Crippen LogP contribution is -2.40. The van der Waals surface area contributed by atoms with E-state index in [0.29, 0.717) is 38.8 Å². The predicted octanol–water partition coefficient (Wildman–Crippen LogP) is 3.03. The minimum Gasteiger partial charge on any atom is -0.466 e. The maximum absolute atomic E-state index is 11.8. The molecule has 1 aliphatic carbocycles. The molecule has 5 nitrogen and oxygen atoms in total. The SMILES string of the molecule is CCOC(=O)C1CCC(O)(Cn2ccnc2-c2ccccc2)CC1. The van der Waals surface area contributed by atoms with Gasteiger partial charge in [-0.3, -0.25) is 4.79 Å². The van der Waals surface area contributed by atoms with E-state index in [2.05, 4.69) is 4.98 Å². The molecule has 0 spiro atoms. The maximum atomic E-state index is 11.8. The predicted molar refractivity (Wildman–Crippen MR) is 91.2 cm³/mol. The molecule has 1 fully saturated rings. The fraction of sp³-hybridized carbons (Fsp3) is 0.474. The van der Waals surface area contributed by atoms with E-state index in [1.165, 1.54) is 0 Å². The third kappa shape index (κ3) is 3.67. The number of rotatable bonds is 5. The van der Waals surface area contributed by atoms with Gasteiger partial charge in [0, 0.05) is 18.0 Å². The van der Waals surface area contributed by atoms with Crippen LogP contribution in [0.4, 0.5) is 0 Å². The molecule has 24 heavy (non-hydrogen) atoms. The number of carbonyl (C=O) groups excluding carboxylic acids is 1. The second-order valence-corrected chi connectivity index (χ2v) is 6.50. The van der Waals surface area contributed by atoms with Crippen LogP contribution in [-0.2, 0) is 16.1 Å². The molecule has 0 unspecified atom stereocenters. The maximum Gasteiger partial charge on any atom is 0.308 e. The van der Waals surface area contributed by atoms with Crippen LogP contribution in [0.25, 0.3) is 11.4 Å². The van der Waals surface area contributed by atoms with Crippen molar-refractivity contribution >= 4 is 5.97 Å². The summed E-state index contributed by atoms with van der Waals surface area (Å²) in [5, 5.41) is 10.9. The molecule has 0 bridgehead atoms. The summed E-state index contributed by atoms with van der Waals surface area (Å²) in [4.78, 5) is 16.3. The van der Waals surface area contributed by atoms with Crippen molar-refractivity contribution in [1.82, 2.24) is 9.55 Å². The highest BCUT2D eigenvalue weighted by Gasteiger charge is 2.37. The molecule has 1 N–H and O–H groups in total. The van der Waals surface area contributed by atoms with E-state index in [1.807, 2.05) is 48.0 Å². The van der Waals surface area contributed by atoms with Gasteiger partial charge >= 0.3 is 5.97 Å². The van der Waals surface area contributed by atoms with Gasteiger partial charge in [0.05, 0.1) is 24.7 Å². The number of ether oxygens (including phenoxy) is 1. The molecule has 0 amide bonds. The van der Waals surface area contributed by atoms with Gasteiger partial charge in [-0.25, -0.2) is 4.98 Å². The van der Waals surface area contributed by atoms with Crippen molar-refractivity contribution in [3.05, 3.63) is 42.7 Å². The molecule has 0 aliphatic heterocycles. The Kier molecular flexibility index (Phi) is 5.00. The average Bonchev–Trinajstić information content (AvgIpc) is 3.04. The first kappa shape index (κ1) is 16.7. The Balaban J connectivity index is 1.67. The topological polar surface area (TPSA) is 64.3 Å².